The van der Waals surface area contributed by atoms with Crippen molar-refractivity contribution in [2.45, 2.75) is 49.8 Å². The monoisotopic (exact) mass is 380 g/mol. The van der Waals surface area contributed by atoms with E-state index >= 15 is 0 Å². The van der Waals surface area contributed by atoms with E-state index < -0.39 is 17.8 Å². The molecule has 4 bridgehead atoms. The summed E-state index contributed by atoms with van der Waals surface area (Å²) in [5, 5.41) is 8.94. The molecule has 5 nitrogen and oxygen atoms in total. The number of nitrogens with two attached hydrogens (primary N) is 1. The number of hydrogen-bond acceptors (Lipinski definition) is 5. The van der Waals surface area contributed by atoms with Crippen molar-refractivity contribution >= 4 is 27.7 Å². The van der Waals surface area contributed by atoms with E-state index in [2.05, 4.69) is 15.9 Å². The molecule has 0 radical (unpaired) electrons. The molecule has 0 aliphatic heterocycles. The van der Waals surface area contributed by atoms with Crippen LogP contribution in [0.1, 0.15) is 45.4 Å². The van der Waals surface area contributed by atoms with Crippen LogP contribution in [0, 0.1) is 28.6 Å². The van der Waals surface area contributed by atoms with Crippen molar-refractivity contribution in [3.63, 3.8) is 0 Å². The first-order chi connectivity index (χ1) is 10.8. The molecule has 0 aromatic heterocycles. The van der Waals surface area contributed by atoms with E-state index in [4.69, 9.17) is 15.7 Å². The Morgan fingerprint density at radius 2 is 1.91 bits per heavy atom. The Hall–Kier alpha value is -1.35. The van der Waals surface area contributed by atoms with Crippen LogP contribution in [0.3, 0.4) is 0 Å². The van der Waals surface area contributed by atoms with Gasteiger partial charge < -0.3 is 10.5 Å². The Morgan fingerprint density at radius 1 is 1.30 bits per heavy atom. The van der Waals surface area contributed by atoms with Gasteiger partial charge in [-0.15, -0.1) is 0 Å². The summed E-state index contributed by atoms with van der Waals surface area (Å²) < 4.78 is 5.38. The van der Waals surface area contributed by atoms with Crippen LogP contribution in [-0.4, -0.2) is 22.7 Å². The van der Waals surface area contributed by atoms with Crippen LogP contribution in [0.25, 0.3) is 0 Å². The van der Waals surface area contributed by atoms with E-state index in [-0.39, 0.29) is 21.6 Å². The SMILES string of the molecule is C/C(N)=C(/C#N)C(=O)COC(=O)C12CC3CC(CC(Br)(C3)C1)C2. The highest BCUT2D eigenvalue weighted by Crippen LogP contribution is 2.64. The number of esters is 1. The zero-order chi connectivity index (χ0) is 16.8. The second kappa shape index (κ2) is 5.62. The number of hydrogen-bond donors (Lipinski definition) is 1. The number of nitriles is 1. The highest BCUT2D eigenvalue weighted by molar-refractivity contribution is 9.10. The third kappa shape index (κ3) is 2.91. The Labute approximate surface area is 144 Å². The predicted molar refractivity (Wildman–Crippen MR) is 87.2 cm³/mol. The van der Waals surface area contributed by atoms with E-state index in [1.165, 1.54) is 13.3 Å². The third-order valence-corrected chi connectivity index (χ3v) is 6.47. The number of alkyl halides is 1. The molecule has 4 rings (SSSR count). The lowest BCUT2D eigenvalue weighted by atomic mass is 9.49. The van der Waals surface area contributed by atoms with Crippen molar-refractivity contribution in [3.8, 4) is 6.07 Å². The Morgan fingerprint density at radius 3 is 2.39 bits per heavy atom. The molecule has 0 saturated heterocycles. The maximum Gasteiger partial charge on any atom is 0.312 e. The van der Waals surface area contributed by atoms with Crippen LogP contribution in [0.4, 0.5) is 0 Å². The summed E-state index contributed by atoms with van der Waals surface area (Å²) in [5.74, 6) is 0.328. The largest absolute Gasteiger partial charge is 0.457 e. The first-order valence-electron chi connectivity index (χ1n) is 8.03. The molecule has 0 spiro atoms. The van der Waals surface area contributed by atoms with Crippen LogP contribution in [0.5, 0.6) is 0 Å². The van der Waals surface area contributed by atoms with Crippen LogP contribution < -0.4 is 5.73 Å². The van der Waals surface area contributed by atoms with Crippen LogP contribution >= 0.6 is 15.9 Å². The lowest BCUT2D eigenvalue weighted by Crippen LogP contribution is -2.56. The number of allylic oxidation sites excluding steroid dienone is 1. The maximum absolute atomic E-state index is 12.7. The van der Waals surface area contributed by atoms with Gasteiger partial charge in [0.15, 0.2) is 6.61 Å². The minimum Gasteiger partial charge on any atom is -0.457 e. The van der Waals surface area contributed by atoms with Crippen LogP contribution in [-0.2, 0) is 14.3 Å². The molecule has 0 aromatic rings. The predicted octanol–water partition coefficient (Wildman–Crippen LogP) is 2.59. The smallest absolute Gasteiger partial charge is 0.312 e. The quantitative estimate of drug-likeness (QED) is 0.350. The number of rotatable bonds is 4. The van der Waals surface area contributed by atoms with Gasteiger partial charge in [0.1, 0.15) is 11.6 Å². The molecular formula is C17H21BrN2O3. The Kier molecular flexibility index (Phi) is 4.04. The van der Waals surface area contributed by atoms with E-state index in [0.717, 1.165) is 32.1 Å². The van der Waals surface area contributed by atoms with Crippen molar-refractivity contribution in [1.82, 2.24) is 0 Å². The summed E-state index contributed by atoms with van der Waals surface area (Å²) in [6.45, 7) is 1.09. The lowest BCUT2D eigenvalue weighted by molar-refractivity contribution is -0.170. The highest BCUT2D eigenvalue weighted by Gasteiger charge is 2.60. The molecule has 23 heavy (non-hydrogen) atoms. The average molecular weight is 381 g/mol. The molecule has 4 fully saturated rings. The molecule has 4 saturated carbocycles. The number of ketones is 1. The molecular weight excluding hydrogens is 360 g/mol. The molecule has 2 atom stereocenters. The summed E-state index contributed by atoms with van der Waals surface area (Å²) >= 11 is 3.85. The summed E-state index contributed by atoms with van der Waals surface area (Å²) in [4.78, 5) is 24.7. The number of Topliss-reactive ketones (excluding diaryl/α,β-unsaturated/α-hetero) is 1. The molecule has 4 aliphatic carbocycles. The zero-order valence-corrected chi connectivity index (χ0v) is 14.8. The number of nitrogens with zero attached hydrogens (tertiary/aromatic N) is 1. The molecule has 2 unspecified atom stereocenters. The number of carbonyl (C=O) groups is 2. The summed E-state index contributed by atoms with van der Waals surface area (Å²) in [5.41, 5.74) is 5.08. The lowest BCUT2D eigenvalue weighted by Gasteiger charge is -2.58. The van der Waals surface area contributed by atoms with Crippen molar-refractivity contribution in [1.29, 1.82) is 5.26 Å². The molecule has 124 valence electrons. The second-order valence-corrected chi connectivity index (χ2v) is 9.24. The second-order valence-electron chi connectivity index (χ2n) is 7.56. The van der Waals surface area contributed by atoms with Crippen molar-refractivity contribution < 1.29 is 14.3 Å². The number of ether oxygens (including phenoxy) is 1. The Bertz CT molecular complexity index is 616. The Balaban J connectivity index is 1.69. The van der Waals surface area contributed by atoms with Gasteiger partial charge >= 0.3 is 5.97 Å². The van der Waals surface area contributed by atoms with Gasteiger partial charge in [-0.25, -0.2) is 0 Å². The summed E-state index contributed by atoms with van der Waals surface area (Å²) in [7, 11) is 0. The van der Waals surface area contributed by atoms with E-state index in [0.29, 0.717) is 11.8 Å². The fraction of sp³-hybridized carbons (Fsp3) is 0.706. The van der Waals surface area contributed by atoms with Gasteiger partial charge in [-0.3, -0.25) is 9.59 Å². The van der Waals surface area contributed by atoms with E-state index in [1.54, 1.807) is 6.07 Å². The average Bonchev–Trinajstić information content (AvgIpc) is 2.42. The zero-order valence-electron chi connectivity index (χ0n) is 13.2. The van der Waals surface area contributed by atoms with Gasteiger partial charge in [0, 0.05) is 10.0 Å². The van der Waals surface area contributed by atoms with Crippen LogP contribution in [0.15, 0.2) is 11.3 Å². The number of halogens is 1. The van der Waals surface area contributed by atoms with E-state index in [1.807, 2.05) is 0 Å². The first-order valence-corrected chi connectivity index (χ1v) is 8.82. The van der Waals surface area contributed by atoms with Gasteiger partial charge in [0.25, 0.3) is 0 Å². The summed E-state index contributed by atoms with van der Waals surface area (Å²) in [6.07, 6.45) is 5.98. The molecule has 0 aromatic carbocycles. The first kappa shape index (κ1) is 16.5. The molecule has 2 N–H and O–H groups in total. The number of carbonyl (C=O) groups excluding carboxylic acids is 2. The van der Waals surface area contributed by atoms with Gasteiger partial charge in [-0.05, 0) is 57.3 Å². The topological polar surface area (TPSA) is 93.2 Å². The van der Waals surface area contributed by atoms with Crippen molar-refractivity contribution in [2.24, 2.45) is 23.0 Å². The minimum absolute atomic E-state index is 0.0612. The fourth-order valence-corrected chi connectivity index (χ4v) is 6.57. The molecule has 0 amide bonds. The summed E-state index contributed by atoms with van der Waals surface area (Å²) in [6, 6.07) is 1.77. The molecule has 6 heteroatoms. The molecule has 4 aliphatic rings. The van der Waals surface area contributed by atoms with Crippen molar-refractivity contribution in [2.75, 3.05) is 6.61 Å². The van der Waals surface area contributed by atoms with Crippen LogP contribution in [0.2, 0.25) is 0 Å². The molecule has 0 heterocycles. The normalized spacial score (nSPS) is 38.7. The highest BCUT2D eigenvalue weighted by atomic mass is 79.9. The van der Waals surface area contributed by atoms with Gasteiger partial charge in [0.2, 0.25) is 5.78 Å². The van der Waals surface area contributed by atoms with Crippen molar-refractivity contribution in [3.05, 3.63) is 11.3 Å². The minimum atomic E-state index is -0.529. The fourth-order valence-electron chi connectivity index (χ4n) is 5.12. The third-order valence-electron chi connectivity index (χ3n) is 5.54. The van der Waals surface area contributed by atoms with Gasteiger partial charge in [-0.1, -0.05) is 15.9 Å². The standard InChI is InChI=1S/C17H21BrN2O3/c1-10(20)13(7-19)14(21)8-23-15(22)16-3-11-2-12(4-16)6-17(18,5-11)9-16/h11-12H,2-6,8-9,20H2,1H3/b13-10+. The maximum atomic E-state index is 12.7. The van der Waals surface area contributed by atoms with Gasteiger partial charge in [0.05, 0.1) is 5.41 Å². The van der Waals surface area contributed by atoms with Gasteiger partial charge in [-0.2, -0.15) is 5.26 Å². The van der Waals surface area contributed by atoms with E-state index in [9.17, 15) is 9.59 Å².